The van der Waals surface area contributed by atoms with Gasteiger partial charge in [-0.1, -0.05) is 23.7 Å². The van der Waals surface area contributed by atoms with E-state index in [1.54, 1.807) is 10.4 Å². The molecule has 2 saturated heterocycles. The van der Waals surface area contributed by atoms with Crippen LogP contribution >= 0.6 is 11.6 Å². The second kappa shape index (κ2) is 5.88. The lowest BCUT2D eigenvalue weighted by atomic mass is 9.74. The Morgan fingerprint density at radius 1 is 1.24 bits per heavy atom. The van der Waals surface area contributed by atoms with Crippen molar-refractivity contribution in [1.29, 1.82) is 0 Å². The summed E-state index contributed by atoms with van der Waals surface area (Å²) >= 11 is 5.93. The fourth-order valence-corrected chi connectivity index (χ4v) is 4.84. The van der Waals surface area contributed by atoms with Gasteiger partial charge >= 0.3 is 0 Å². The Bertz CT molecular complexity index is 604. The Morgan fingerprint density at radius 2 is 1.95 bits per heavy atom. The van der Waals surface area contributed by atoms with Crippen molar-refractivity contribution in [2.45, 2.75) is 19.3 Å². The standard InChI is InChI=1S/C15H21ClN2O2S/c16-14-3-1-2-13(10-14)4-9-21(19,20)18-7-5-15(6-8-18)11-17-12-15/h1-3,10,17H,4-9,11-12H2. The van der Waals surface area contributed by atoms with Crippen molar-refractivity contribution >= 4 is 21.6 Å². The normalized spacial score (nSPS) is 22.1. The van der Waals surface area contributed by atoms with E-state index in [-0.39, 0.29) is 5.75 Å². The van der Waals surface area contributed by atoms with Gasteiger partial charge in [-0.05, 0) is 42.4 Å². The molecular weight excluding hydrogens is 308 g/mol. The highest BCUT2D eigenvalue weighted by Gasteiger charge is 2.41. The summed E-state index contributed by atoms with van der Waals surface area (Å²) in [5.74, 6) is 0.165. The molecule has 21 heavy (non-hydrogen) atoms. The van der Waals surface area contributed by atoms with Gasteiger partial charge in [-0.25, -0.2) is 12.7 Å². The average molecular weight is 329 g/mol. The molecule has 1 spiro atoms. The molecule has 2 aliphatic rings. The number of aryl methyl sites for hydroxylation is 1. The molecule has 1 N–H and O–H groups in total. The highest BCUT2D eigenvalue weighted by molar-refractivity contribution is 7.89. The number of sulfonamides is 1. The minimum absolute atomic E-state index is 0.165. The van der Waals surface area contributed by atoms with Gasteiger partial charge in [0.2, 0.25) is 10.0 Å². The average Bonchev–Trinajstić information content (AvgIpc) is 2.44. The van der Waals surface area contributed by atoms with E-state index in [2.05, 4.69) is 5.32 Å². The number of hydrogen-bond acceptors (Lipinski definition) is 3. The number of piperidine rings is 1. The van der Waals surface area contributed by atoms with Crippen molar-refractivity contribution in [2.24, 2.45) is 5.41 Å². The summed E-state index contributed by atoms with van der Waals surface area (Å²) in [6.45, 7) is 3.42. The van der Waals surface area contributed by atoms with Gasteiger partial charge in [0.05, 0.1) is 5.75 Å². The van der Waals surface area contributed by atoms with Crippen LogP contribution < -0.4 is 5.32 Å². The lowest BCUT2D eigenvalue weighted by Gasteiger charge is -2.47. The third kappa shape index (κ3) is 3.42. The van der Waals surface area contributed by atoms with Gasteiger partial charge in [0.25, 0.3) is 0 Å². The van der Waals surface area contributed by atoms with Gasteiger partial charge in [0.1, 0.15) is 0 Å². The summed E-state index contributed by atoms with van der Waals surface area (Å²) in [6.07, 6.45) is 2.49. The van der Waals surface area contributed by atoms with Gasteiger partial charge in [-0.15, -0.1) is 0 Å². The summed E-state index contributed by atoms with van der Waals surface area (Å²) in [6, 6.07) is 7.42. The molecule has 3 rings (SSSR count). The van der Waals surface area contributed by atoms with Gasteiger partial charge < -0.3 is 5.32 Å². The fraction of sp³-hybridized carbons (Fsp3) is 0.600. The third-order valence-electron chi connectivity index (χ3n) is 4.71. The molecule has 0 aliphatic carbocycles. The molecule has 0 aromatic heterocycles. The topological polar surface area (TPSA) is 49.4 Å². The number of rotatable bonds is 4. The quantitative estimate of drug-likeness (QED) is 0.918. The van der Waals surface area contributed by atoms with Crippen molar-refractivity contribution in [3.05, 3.63) is 34.9 Å². The van der Waals surface area contributed by atoms with Crippen LogP contribution in [0.25, 0.3) is 0 Å². The predicted molar refractivity (Wildman–Crippen MR) is 85.1 cm³/mol. The van der Waals surface area contributed by atoms with E-state index in [9.17, 15) is 8.42 Å². The first kappa shape index (κ1) is 15.3. The molecule has 4 nitrogen and oxygen atoms in total. The molecule has 2 aliphatic heterocycles. The molecule has 0 unspecified atom stereocenters. The second-order valence-electron chi connectivity index (χ2n) is 6.20. The Hall–Kier alpha value is -0.620. The van der Waals surface area contributed by atoms with Crippen LogP contribution in [0.4, 0.5) is 0 Å². The van der Waals surface area contributed by atoms with Crippen molar-refractivity contribution in [2.75, 3.05) is 31.9 Å². The minimum atomic E-state index is -3.16. The van der Waals surface area contributed by atoms with Crippen molar-refractivity contribution in [3.8, 4) is 0 Å². The maximum absolute atomic E-state index is 12.4. The smallest absolute Gasteiger partial charge is 0.214 e. The second-order valence-corrected chi connectivity index (χ2v) is 8.72. The van der Waals surface area contributed by atoms with E-state index in [4.69, 9.17) is 11.6 Å². The lowest BCUT2D eigenvalue weighted by molar-refractivity contribution is 0.0871. The van der Waals surface area contributed by atoms with Crippen LogP contribution in [0.5, 0.6) is 0 Å². The summed E-state index contributed by atoms with van der Waals surface area (Å²) in [5, 5.41) is 3.95. The summed E-state index contributed by atoms with van der Waals surface area (Å²) in [7, 11) is -3.16. The van der Waals surface area contributed by atoms with Crippen LogP contribution in [0, 0.1) is 5.41 Å². The molecule has 2 fully saturated rings. The lowest BCUT2D eigenvalue weighted by Crippen LogP contribution is -2.58. The largest absolute Gasteiger partial charge is 0.316 e. The highest BCUT2D eigenvalue weighted by atomic mass is 35.5. The van der Waals surface area contributed by atoms with Gasteiger partial charge in [0.15, 0.2) is 0 Å². The first-order valence-electron chi connectivity index (χ1n) is 7.42. The Kier molecular flexibility index (Phi) is 4.28. The Balaban J connectivity index is 1.57. The maximum Gasteiger partial charge on any atom is 0.214 e. The molecular formula is C15H21ClN2O2S. The molecule has 2 heterocycles. The molecule has 0 amide bonds. The van der Waals surface area contributed by atoms with E-state index >= 15 is 0 Å². The maximum atomic E-state index is 12.4. The molecule has 6 heteroatoms. The molecule has 1 aromatic carbocycles. The van der Waals surface area contributed by atoms with E-state index < -0.39 is 10.0 Å². The zero-order valence-electron chi connectivity index (χ0n) is 12.0. The van der Waals surface area contributed by atoms with Crippen LogP contribution in [-0.2, 0) is 16.4 Å². The van der Waals surface area contributed by atoms with E-state index in [1.807, 2.05) is 18.2 Å². The van der Waals surface area contributed by atoms with Gasteiger partial charge in [0, 0.05) is 31.2 Å². The van der Waals surface area contributed by atoms with Gasteiger partial charge in [-0.2, -0.15) is 0 Å². The summed E-state index contributed by atoms with van der Waals surface area (Å²) in [5.41, 5.74) is 1.35. The summed E-state index contributed by atoms with van der Waals surface area (Å²) in [4.78, 5) is 0. The molecule has 116 valence electrons. The Morgan fingerprint density at radius 3 is 2.52 bits per heavy atom. The van der Waals surface area contributed by atoms with E-state index in [0.29, 0.717) is 29.9 Å². The van der Waals surface area contributed by atoms with Crippen LogP contribution in [0.3, 0.4) is 0 Å². The number of nitrogens with one attached hydrogen (secondary N) is 1. The number of benzene rings is 1. The Labute approximate surface area is 131 Å². The van der Waals surface area contributed by atoms with Crippen molar-refractivity contribution in [3.63, 3.8) is 0 Å². The zero-order valence-corrected chi connectivity index (χ0v) is 13.6. The van der Waals surface area contributed by atoms with Crippen molar-refractivity contribution in [1.82, 2.24) is 9.62 Å². The number of hydrogen-bond donors (Lipinski definition) is 1. The zero-order chi connectivity index (χ0) is 14.9. The monoisotopic (exact) mass is 328 g/mol. The third-order valence-corrected chi connectivity index (χ3v) is 6.82. The SMILES string of the molecule is O=S(=O)(CCc1cccc(Cl)c1)N1CCC2(CC1)CNC2. The molecule has 0 atom stereocenters. The molecule has 0 saturated carbocycles. The number of nitrogens with zero attached hydrogens (tertiary/aromatic N) is 1. The fourth-order valence-electron chi connectivity index (χ4n) is 3.14. The van der Waals surface area contributed by atoms with Crippen LogP contribution in [-0.4, -0.2) is 44.7 Å². The van der Waals surface area contributed by atoms with Crippen LogP contribution in [0.1, 0.15) is 18.4 Å². The van der Waals surface area contributed by atoms with E-state index in [1.165, 1.54) is 0 Å². The first-order chi connectivity index (χ1) is 9.99. The first-order valence-corrected chi connectivity index (χ1v) is 9.41. The van der Waals surface area contributed by atoms with Crippen molar-refractivity contribution < 1.29 is 8.42 Å². The van der Waals surface area contributed by atoms with Crippen LogP contribution in [0.15, 0.2) is 24.3 Å². The van der Waals surface area contributed by atoms with Gasteiger partial charge in [-0.3, -0.25) is 0 Å². The molecule has 0 bridgehead atoms. The highest BCUT2D eigenvalue weighted by Crippen LogP contribution is 2.35. The molecule has 0 radical (unpaired) electrons. The molecule has 1 aromatic rings. The number of halogens is 1. The predicted octanol–water partition coefficient (Wildman–Crippen LogP) is 1.90. The van der Waals surface area contributed by atoms with E-state index in [0.717, 1.165) is 31.5 Å². The minimum Gasteiger partial charge on any atom is -0.316 e. The summed E-state index contributed by atoms with van der Waals surface area (Å²) < 4.78 is 26.5. The van der Waals surface area contributed by atoms with Crippen LogP contribution in [0.2, 0.25) is 5.02 Å².